The zero-order valence-corrected chi connectivity index (χ0v) is 38.4. The summed E-state index contributed by atoms with van der Waals surface area (Å²) >= 11 is 0. The van der Waals surface area contributed by atoms with E-state index in [-0.39, 0.29) is 21.7 Å². The van der Waals surface area contributed by atoms with Crippen LogP contribution in [0.2, 0.25) is 0 Å². The molecule has 0 aliphatic heterocycles. The molecule has 5 heteroatoms. The van der Waals surface area contributed by atoms with Crippen LogP contribution in [0.25, 0.3) is 39.0 Å². The summed E-state index contributed by atoms with van der Waals surface area (Å²) in [5.74, 6) is 2.38. The molecule has 0 aliphatic carbocycles. The number of aromatic nitrogens is 4. The molecule has 3 aromatic heterocycles. The molecule has 0 atom stereocenters. The number of pyridine rings is 1. The highest BCUT2D eigenvalue weighted by Crippen LogP contribution is 2.45. The van der Waals surface area contributed by atoms with Gasteiger partial charge < -0.3 is 4.74 Å². The Morgan fingerprint density at radius 1 is 0.524 bits per heavy atom. The van der Waals surface area contributed by atoms with Crippen LogP contribution >= 0.6 is 0 Å². The van der Waals surface area contributed by atoms with Crippen molar-refractivity contribution < 1.29 is 9.30 Å². The van der Waals surface area contributed by atoms with Gasteiger partial charge in [-0.1, -0.05) is 160 Å². The first kappa shape index (κ1) is 41.6. The molecule has 0 N–H and O–H groups in total. The molecule has 0 spiro atoms. The predicted octanol–water partition coefficient (Wildman–Crippen LogP) is 14.1. The Labute approximate surface area is 373 Å². The van der Waals surface area contributed by atoms with Gasteiger partial charge in [0.05, 0.1) is 22.4 Å². The number of ether oxygens (including phenoxy) is 1. The summed E-state index contributed by atoms with van der Waals surface area (Å²) in [4.78, 5) is 5.03. The lowest BCUT2D eigenvalue weighted by Crippen LogP contribution is -2.29. The van der Waals surface area contributed by atoms with Crippen molar-refractivity contribution >= 4 is 21.8 Å². The molecule has 0 amide bonds. The zero-order valence-electron chi connectivity index (χ0n) is 38.4. The number of rotatable bonds is 9. The fraction of sp³-hybridized carbons (Fsp3) is 0.241. The summed E-state index contributed by atoms with van der Waals surface area (Å²) in [6.07, 6.45) is 9.72. The minimum atomic E-state index is -0.380. The molecule has 9 aromatic rings. The Morgan fingerprint density at radius 3 is 1.84 bits per heavy atom. The van der Waals surface area contributed by atoms with Crippen molar-refractivity contribution in [2.24, 2.45) is 0 Å². The first-order valence-corrected chi connectivity index (χ1v) is 22.1. The molecule has 5 nitrogen and oxygen atoms in total. The third-order valence-electron chi connectivity index (χ3n) is 12.9. The lowest BCUT2D eigenvalue weighted by Gasteiger charge is -2.29. The first-order valence-electron chi connectivity index (χ1n) is 22.1. The van der Waals surface area contributed by atoms with E-state index in [9.17, 15) is 0 Å². The number of fused-ring (bicyclic) bond motifs is 3. The largest absolute Gasteiger partial charge is 0.458 e. The molecule has 9 rings (SSSR count). The number of benzene rings is 6. The summed E-state index contributed by atoms with van der Waals surface area (Å²) in [7, 11) is 0. The number of imidazole rings is 1. The van der Waals surface area contributed by atoms with Crippen LogP contribution in [0.3, 0.4) is 0 Å². The summed E-state index contributed by atoms with van der Waals surface area (Å²) in [5, 5.41) is 2.37. The lowest BCUT2D eigenvalue weighted by molar-refractivity contribution is -0.599. The van der Waals surface area contributed by atoms with Crippen LogP contribution < -0.4 is 9.30 Å². The predicted molar refractivity (Wildman–Crippen MR) is 259 cm³/mol. The van der Waals surface area contributed by atoms with E-state index >= 15 is 0 Å². The smallest absolute Gasteiger partial charge is 0.268 e. The maximum absolute atomic E-state index is 7.23. The van der Waals surface area contributed by atoms with Crippen molar-refractivity contribution in [3.05, 3.63) is 210 Å². The third-order valence-corrected chi connectivity index (χ3v) is 12.9. The van der Waals surface area contributed by atoms with Crippen LogP contribution in [0, 0.1) is 6.33 Å². The van der Waals surface area contributed by atoms with Gasteiger partial charge in [-0.05, 0) is 98.8 Å². The second kappa shape index (κ2) is 15.6. The van der Waals surface area contributed by atoms with Gasteiger partial charge in [-0.15, -0.1) is 0 Å². The van der Waals surface area contributed by atoms with E-state index in [0.717, 1.165) is 45.3 Å². The van der Waals surface area contributed by atoms with Gasteiger partial charge in [-0.2, -0.15) is 0 Å². The normalized spacial score (nSPS) is 12.6. The Balaban J connectivity index is 1.25. The molecule has 0 saturated heterocycles. The van der Waals surface area contributed by atoms with Gasteiger partial charge in [-0.3, -0.25) is 13.7 Å². The van der Waals surface area contributed by atoms with E-state index in [1.54, 1.807) is 0 Å². The molecule has 6 aromatic carbocycles. The SMILES string of the molecule is CC(C)(C)c1cccc(-[n+]2[c-]n(-c3cc(Oc4cc(C(C)(C)c5ccccc5)c5c6ccccc6n(-c6cc(C(C)(C)C)ccn6)c5c4)cc(C(C)(C)c4ccccc4)c3)cc2)c1. The zero-order chi connectivity index (χ0) is 44.3. The molecule has 63 heavy (non-hydrogen) atoms. The maximum atomic E-state index is 7.23. The second-order valence-electron chi connectivity index (χ2n) is 20.1. The Bertz CT molecular complexity index is 3100. The van der Waals surface area contributed by atoms with Gasteiger partial charge in [0.25, 0.3) is 6.33 Å². The molecular formula is C58H58N4O. The minimum absolute atomic E-state index is 0.0310. The summed E-state index contributed by atoms with van der Waals surface area (Å²) in [6, 6.07) is 54.4. The average molecular weight is 827 g/mol. The van der Waals surface area contributed by atoms with Crippen LogP contribution in [0.1, 0.15) is 103 Å². The fourth-order valence-electron chi connectivity index (χ4n) is 8.91. The molecule has 0 aliphatic rings. The number of para-hydroxylation sites is 1. The quantitative estimate of drug-likeness (QED) is 0.107. The van der Waals surface area contributed by atoms with E-state index in [1.807, 2.05) is 6.20 Å². The van der Waals surface area contributed by atoms with Gasteiger partial charge in [0, 0.05) is 46.3 Å². The first-order chi connectivity index (χ1) is 30.0. The molecule has 3 heterocycles. The topological polar surface area (TPSA) is 35.9 Å². The monoisotopic (exact) mass is 826 g/mol. The lowest BCUT2D eigenvalue weighted by atomic mass is 9.76. The van der Waals surface area contributed by atoms with E-state index in [4.69, 9.17) is 9.72 Å². The molecule has 0 radical (unpaired) electrons. The van der Waals surface area contributed by atoms with Crippen LogP contribution in [0.4, 0.5) is 0 Å². The highest BCUT2D eigenvalue weighted by Gasteiger charge is 2.30. The van der Waals surface area contributed by atoms with Gasteiger partial charge in [0.15, 0.2) is 0 Å². The van der Waals surface area contributed by atoms with Crippen molar-refractivity contribution in [1.82, 2.24) is 14.1 Å². The van der Waals surface area contributed by atoms with E-state index in [2.05, 4.69) is 253 Å². The number of hydrogen-bond acceptors (Lipinski definition) is 2. The highest BCUT2D eigenvalue weighted by atomic mass is 16.5. The van der Waals surface area contributed by atoms with Crippen molar-refractivity contribution in [1.29, 1.82) is 0 Å². The molecule has 316 valence electrons. The van der Waals surface area contributed by atoms with Crippen molar-refractivity contribution in [2.75, 3.05) is 0 Å². The standard InChI is InChI=1S/C58H58N4O/c1-55(2,3)42-24-19-25-45(32-42)60-30-31-61(39-60)46-33-44(57(7,8)40-20-13-11-14-21-40)34-47(36-46)63-48-37-50(58(9,10)41-22-15-12-16-23-41)54-49-26-17-18-27-51(49)62(52(54)38-48)53-35-43(28-29-59-53)56(4,5)6/h11-38H,1-10H3. The van der Waals surface area contributed by atoms with Crippen LogP contribution in [0.15, 0.2) is 170 Å². The van der Waals surface area contributed by atoms with Gasteiger partial charge in [0.1, 0.15) is 17.3 Å². The fourth-order valence-corrected chi connectivity index (χ4v) is 8.91. The molecule has 0 saturated carbocycles. The molecular weight excluding hydrogens is 769 g/mol. The maximum Gasteiger partial charge on any atom is 0.268 e. The highest BCUT2D eigenvalue weighted by molar-refractivity contribution is 6.11. The van der Waals surface area contributed by atoms with Crippen LogP contribution in [-0.4, -0.2) is 14.1 Å². The third kappa shape index (κ3) is 7.86. The van der Waals surface area contributed by atoms with Crippen LogP contribution in [0.5, 0.6) is 11.5 Å². The van der Waals surface area contributed by atoms with Gasteiger partial charge in [-0.25, -0.2) is 4.98 Å². The number of hydrogen-bond donors (Lipinski definition) is 0. The molecule has 0 fully saturated rings. The average Bonchev–Trinajstić information content (AvgIpc) is 3.90. The van der Waals surface area contributed by atoms with Crippen LogP contribution in [-0.2, 0) is 21.7 Å². The number of nitrogens with zero attached hydrogens (tertiary/aromatic N) is 4. The Kier molecular flexibility index (Phi) is 10.3. The van der Waals surface area contributed by atoms with E-state index in [0.29, 0.717) is 0 Å². The summed E-state index contributed by atoms with van der Waals surface area (Å²) < 4.78 is 13.7. The summed E-state index contributed by atoms with van der Waals surface area (Å²) in [5.41, 5.74) is 10.7. The molecule has 0 unspecified atom stereocenters. The second-order valence-corrected chi connectivity index (χ2v) is 20.1. The van der Waals surface area contributed by atoms with Gasteiger partial charge >= 0.3 is 0 Å². The minimum Gasteiger partial charge on any atom is -0.458 e. The Morgan fingerprint density at radius 2 is 1.14 bits per heavy atom. The Hall–Kier alpha value is -6.72. The van der Waals surface area contributed by atoms with E-state index in [1.165, 1.54) is 38.6 Å². The summed E-state index contributed by atoms with van der Waals surface area (Å²) in [6.45, 7) is 22.7. The van der Waals surface area contributed by atoms with Crippen molar-refractivity contribution in [3.8, 4) is 28.7 Å². The molecule has 0 bridgehead atoms. The van der Waals surface area contributed by atoms with E-state index < -0.39 is 0 Å². The van der Waals surface area contributed by atoms with Gasteiger partial charge in [0.2, 0.25) is 0 Å². The van der Waals surface area contributed by atoms with Crippen molar-refractivity contribution in [2.45, 2.75) is 90.9 Å². The van der Waals surface area contributed by atoms with Crippen molar-refractivity contribution in [3.63, 3.8) is 0 Å².